The molecule has 14 heavy (non-hydrogen) atoms. The second kappa shape index (κ2) is 3.94. The first-order valence-electron chi connectivity index (χ1n) is 4.29. The quantitative estimate of drug-likeness (QED) is 0.777. The molecule has 0 N–H and O–H groups in total. The van der Waals surface area contributed by atoms with E-state index >= 15 is 0 Å². The highest BCUT2D eigenvalue weighted by Gasteiger charge is 2.03. The topological polar surface area (TPSA) is 39.9 Å². The Balaban J connectivity index is 2.37. The molecule has 0 amide bonds. The van der Waals surface area contributed by atoms with E-state index in [1.807, 2.05) is 12.1 Å². The van der Waals surface area contributed by atoms with E-state index in [0.717, 1.165) is 11.0 Å². The predicted octanol–water partition coefficient (Wildman–Crippen LogP) is 1.73. The Morgan fingerprint density at radius 2 is 2.36 bits per heavy atom. The number of halogens is 1. The summed E-state index contributed by atoms with van der Waals surface area (Å²) in [5, 5.41) is 8.68. The summed E-state index contributed by atoms with van der Waals surface area (Å²) in [7, 11) is 1.66. The van der Waals surface area contributed by atoms with E-state index in [0.29, 0.717) is 18.2 Å². The van der Waals surface area contributed by atoms with Crippen LogP contribution < -0.4 is 0 Å². The summed E-state index contributed by atoms with van der Waals surface area (Å²) in [5.74, 6) is 0. The largest absolute Gasteiger partial charge is 0.383 e. The van der Waals surface area contributed by atoms with Gasteiger partial charge >= 0.3 is 0 Å². The van der Waals surface area contributed by atoms with Crippen LogP contribution in [0.1, 0.15) is 0 Å². The van der Waals surface area contributed by atoms with Crippen LogP contribution >= 0.6 is 11.6 Å². The maximum Gasteiger partial charge on any atom is 0.114 e. The van der Waals surface area contributed by atoms with Gasteiger partial charge < -0.3 is 4.74 Å². The molecule has 0 aliphatic carbocycles. The summed E-state index contributed by atoms with van der Waals surface area (Å²) in [5.41, 5.74) is 1.79. The summed E-state index contributed by atoms with van der Waals surface area (Å²) in [6.45, 7) is 1.33. The van der Waals surface area contributed by atoms with Gasteiger partial charge in [0.2, 0.25) is 0 Å². The Morgan fingerprint density at radius 1 is 1.50 bits per heavy atom. The minimum absolute atomic E-state index is 0.626. The second-order valence-electron chi connectivity index (χ2n) is 2.94. The normalized spacial score (nSPS) is 11.0. The lowest BCUT2D eigenvalue weighted by Crippen LogP contribution is -2.05. The van der Waals surface area contributed by atoms with Crippen LogP contribution in [0.2, 0.25) is 5.02 Å². The van der Waals surface area contributed by atoms with Crippen LogP contribution in [0, 0.1) is 0 Å². The summed E-state index contributed by atoms with van der Waals surface area (Å²) in [4.78, 5) is 0. The molecule has 2 rings (SSSR count). The minimum Gasteiger partial charge on any atom is -0.383 e. The molecular weight excluding hydrogens is 202 g/mol. The molecule has 0 saturated heterocycles. The lowest BCUT2D eigenvalue weighted by Gasteiger charge is -2.00. The molecule has 4 nitrogen and oxygen atoms in total. The summed E-state index contributed by atoms with van der Waals surface area (Å²) < 4.78 is 6.77. The summed E-state index contributed by atoms with van der Waals surface area (Å²) in [6, 6.07) is 5.54. The zero-order valence-corrected chi connectivity index (χ0v) is 8.53. The third-order valence-electron chi connectivity index (χ3n) is 1.98. The Bertz CT molecular complexity index is 441. The van der Waals surface area contributed by atoms with E-state index in [4.69, 9.17) is 16.3 Å². The number of hydrogen-bond donors (Lipinski definition) is 0. The molecule has 0 radical (unpaired) electrons. The van der Waals surface area contributed by atoms with Gasteiger partial charge in [-0.25, -0.2) is 4.68 Å². The van der Waals surface area contributed by atoms with Gasteiger partial charge in [-0.15, -0.1) is 5.10 Å². The van der Waals surface area contributed by atoms with Gasteiger partial charge in [0.1, 0.15) is 5.52 Å². The molecule has 0 aliphatic rings. The van der Waals surface area contributed by atoms with Crippen LogP contribution in [0.15, 0.2) is 18.2 Å². The smallest absolute Gasteiger partial charge is 0.114 e. The molecule has 5 heteroatoms. The summed E-state index contributed by atoms with van der Waals surface area (Å²) >= 11 is 5.83. The van der Waals surface area contributed by atoms with Crippen LogP contribution in [0.3, 0.4) is 0 Å². The fraction of sp³-hybridized carbons (Fsp3) is 0.333. The highest BCUT2D eigenvalue weighted by molar-refractivity contribution is 6.31. The van der Waals surface area contributed by atoms with Gasteiger partial charge in [0.15, 0.2) is 0 Å². The van der Waals surface area contributed by atoms with Crippen molar-refractivity contribution in [3.63, 3.8) is 0 Å². The van der Waals surface area contributed by atoms with Crippen LogP contribution in [0.4, 0.5) is 0 Å². The highest BCUT2D eigenvalue weighted by atomic mass is 35.5. The van der Waals surface area contributed by atoms with Gasteiger partial charge in [-0.1, -0.05) is 16.8 Å². The molecule has 1 heterocycles. The lowest BCUT2D eigenvalue weighted by molar-refractivity contribution is 0.184. The Morgan fingerprint density at radius 3 is 3.14 bits per heavy atom. The number of hydrogen-bond acceptors (Lipinski definition) is 3. The first kappa shape index (κ1) is 9.43. The van der Waals surface area contributed by atoms with E-state index in [1.54, 1.807) is 17.9 Å². The van der Waals surface area contributed by atoms with Crippen molar-refractivity contribution in [1.29, 1.82) is 0 Å². The highest BCUT2D eigenvalue weighted by Crippen LogP contribution is 2.16. The molecule has 2 aromatic rings. The molecule has 0 unspecified atom stereocenters. The van der Waals surface area contributed by atoms with Gasteiger partial charge in [-0.3, -0.25) is 0 Å². The van der Waals surface area contributed by atoms with Crippen molar-refractivity contribution >= 4 is 22.6 Å². The van der Waals surface area contributed by atoms with Gasteiger partial charge in [0, 0.05) is 12.1 Å². The van der Waals surface area contributed by atoms with E-state index in [-0.39, 0.29) is 0 Å². The first-order chi connectivity index (χ1) is 6.81. The maximum atomic E-state index is 5.83. The molecule has 1 aromatic heterocycles. The molecule has 0 spiro atoms. The lowest BCUT2D eigenvalue weighted by atomic mass is 10.3. The Kier molecular flexibility index (Phi) is 2.65. The SMILES string of the molecule is COCCn1nnc2cc(Cl)ccc21. The fourth-order valence-corrected chi connectivity index (χ4v) is 1.45. The van der Waals surface area contributed by atoms with Crippen molar-refractivity contribution in [2.24, 2.45) is 0 Å². The first-order valence-corrected chi connectivity index (χ1v) is 4.67. The van der Waals surface area contributed by atoms with Crippen molar-refractivity contribution in [2.45, 2.75) is 6.54 Å². The van der Waals surface area contributed by atoms with E-state index < -0.39 is 0 Å². The fourth-order valence-electron chi connectivity index (χ4n) is 1.29. The van der Waals surface area contributed by atoms with Crippen molar-refractivity contribution < 1.29 is 4.74 Å². The average Bonchev–Trinajstić information content (AvgIpc) is 2.57. The molecule has 0 fully saturated rings. The van der Waals surface area contributed by atoms with E-state index in [2.05, 4.69) is 10.3 Å². The average molecular weight is 212 g/mol. The zero-order chi connectivity index (χ0) is 9.97. The Labute approximate surface area is 86.4 Å². The van der Waals surface area contributed by atoms with Crippen LogP contribution in [0.25, 0.3) is 11.0 Å². The van der Waals surface area contributed by atoms with E-state index in [9.17, 15) is 0 Å². The molecule has 0 atom stereocenters. The van der Waals surface area contributed by atoms with Crippen molar-refractivity contribution in [2.75, 3.05) is 13.7 Å². The molecule has 0 bridgehead atoms. The number of nitrogens with zero attached hydrogens (tertiary/aromatic N) is 3. The number of methoxy groups -OCH3 is 1. The molecule has 74 valence electrons. The van der Waals surface area contributed by atoms with E-state index in [1.165, 1.54) is 0 Å². The summed E-state index contributed by atoms with van der Waals surface area (Å²) in [6.07, 6.45) is 0. The molecular formula is C9H10ClN3O. The number of rotatable bonds is 3. The number of aromatic nitrogens is 3. The maximum absolute atomic E-state index is 5.83. The van der Waals surface area contributed by atoms with Crippen LogP contribution in [-0.4, -0.2) is 28.7 Å². The number of ether oxygens (including phenoxy) is 1. The van der Waals surface area contributed by atoms with Crippen LogP contribution in [0.5, 0.6) is 0 Å². The van der Waals surface area contributed by atoms with Gasteiger partial charge in [-0.2, -0.15) is 0 Å². The minimum atomic E-state index is 0.626. The van der Waals surface area contributed by atoms with Gasteiger partial charge in [0.05, 0.1) is 18.7 Å². The number of benzene rings is 1. The zero-order valence-electron chi connectivity index (χ0n) is 7.77. The van der Waals surface area contributed by atoms with Gasteiger partial charge in [-0.05, 0) is 18.2 Å². The van der Waals surface area contributed by atoms with Crippen molar-refractivity contribution in [1.82, 2.24) is 15.0 Å². The van der Waals surface area contributed by atoms with Crippen molar-refractivity contribution in [3.8, 4) is 0 Å². The third kappa shape index (κ3) is 1.71. The second-order valence-corrected chi connectivity index (χ2v) is 3.37. The standard InChI is InChI=1S/C9H10ClN3O/c1-14-5-4-13-9-3-2-7(10)6-8(9)11-12-13/h2-3,6H,4-5H2,1H3. The monoisotopic (exact) mass is 211 g/mol. The molecule has 0 aliphatic heterocycles. The van der Waals surface area contributed by atoms with Gasteiger partial charge in [0.25, 0.3) is 0 Å². The van der Waals surface area contributed by atoms with Crippen molar-refractivity contribution in [3.05, 3.63) is 23.2 Å². The van der Waals surface area contributed by atoms with Crippen LogP contribution in [-0.2, 0) is 11.3 Å². The molecule has 0 saturated carbocycles. The molecule has 1 aromatic carbocycles. The number of fused-ring (bicyclic) bond motifs is 1. The Hall–Kier alpha value is -1.13. The third-order valence-corrected chi connectivity index (χ3v) is 2.22. The predicted molar refractivity (Wildman–Crippen MR) is 54.4 cm³/mol.